The van der Waals surface area contributed by atoms with E-state index < -0.39 is 5.54 Å². The van der Waals surface area contributed by atoms with E-state index in [1.165, 1.54) is 12.8 Å². The summed E-state index contributed by atoms with van der Waals surface area (Å²) in [6.07, 6.45) is 7.23. The molecule has 0 aromatic carbocycles. The fourth-order valence-electron chi connectivity index (χ4n) is 3.14. The zero-order chi connectivity index (χ0) is 13.2. The summed E-state index contributed by atoms with van der Waals surface area (Å²) in [7, 11) is 1.82. The molecule has 0 bridgehead atoms. The van der Waals surface area contributed by atoms with Gasteiger partial charge in [-0.15, -0.1) is 0 Å². The second-order valence-electron chi connectivity index (χ2n) is 6.06. The molecule has 3 atom stereocenters. The molecule has 1 amide bonds. The Morgan fingerprint density at radius 2 is 2.11 bits per heavy atom. The van der Waals surface area contributed by atoms with E-state index in [1.807, 2.05) is 7.05 Å². The van der Waals surface area contributed by atoms with E-state index in [9.17, 15) is 4.79 Å². The van der Waals surface area contributed by atoms with E-state index >= 15 is 0 Å². The average Bonchev–Trinajstić information content (AvgIpc) is 3.15. The van der Waals surface area contributed by atoms with Gasteiger partial charge in [-0.3, -0.25) is 4.79 Å². The Bertz CT molecular complexity index is 304. The highest BCUT2D eigenvalue weighted by molar-refractivity contribution is 5.85. The largest absolute Gasteiger partial charge is 0.376 e. The molecule has 0 spiro atoms. The molecular weight excluding hydrogens is 228 g/mol. The Kier molecular flexibility index (Phi) is 4.28. The molecule has 2 fully saturated rings. The maximum atomic E-state index is 11.8. The molecule has 0 heterocycles. The van der Waals surface area contributed by atoms with E-state index in [1.54, 1.807) is 0 Å². The normalized spacial score (nSPS) is 31.9. The number of carbonyl (C=O) groups is 1. The lowest BCUT2D eigenvalue weighted by Crippen LogP contribution is -2.59. The van der Waals surface area contributed by atoms with Crippen molar-refractivity contribution in [3.8, 4) is 0 Å². The number of rotatable bonds is 6. The van der Waals surface area contributed by atoms with Crippen molar-refractivity contribution in [1.82, 2.24) is 5.32 Å². The highest BCUT2D eigenvalue weighted by Gasteiger charge is 2.49. The first-order valence-corrected chi connectivity index (χ1v) is 7.19. The van der Waals surface area contributed by atoms with Crippen LogP contribution in [0.5, 0.6) is 0 Å². The zero-order valence-electron chi connectivity index (χ0n) is 11.6. The van der Waals surface area contributed by atoms with Gasteiger partial charge in [0.05, 0.1) is 12.7 Å². The smallest absolute Gasteiger partial charge is 0.240 e. The van der Waals surface area contributed by atoms with Crippen molar-refractivity contribution in [3.63, 3.8) is 0 Å². The third kappa shape index (κ3) is 2.86. The SMILES string of the molecule is CNC(COC1CCCC(C)C1)(C(N)=O)C1CC1. The van der Waals surface area contributed by atoms with Gasteiger partial charge < -0.3 is 15.8 Å². The van der Waals surface area contributed by atoms with Crippen LogP contribution in [0.25, 0.3) is 0 Å². The zero-order valence-corrected chi connectivity index (χ0v) is 11.6. The lowest BCUT2D eigenvalue weighted by Gasteiger charge is -2.34. The molecule has 0 aromatic heterocycles. The molecule has 4 nitrogen and oxygen atoms in total. The first kappa shape index (κ1) is 13.8. The quantitative estimate of drug-likeness (QED) is 0.754. The summed E-state index contributed by atoms with van der Waals surface area (Å²) in [6.45, 7) is 2.71. The molecule has 2 rings (SSSR count). The van der Waals surface area contributed by atoms with Crippen molar-refractivity contribution in [2.24, 2.45) is 17.6 Å². The van der Waals surface area contributed by atoms with Gasteiger partial charge in [0, 0.05) is 0 Å². The first-order valence-electron chi connectivity index (χ1n) is 7.19. The Morgan fingerprint density at radius 3 is 2.61 bits per heavy atom. The van der Waals surface area contributed by atoms with Crippen molar-refractivity contribution in [2.45, 2.75) is 57.1 Å². The van der Waals surface area contributed by atoms with E-state index in [2.05, 4.69) is 12.2 Å². The number of carbonyl (C=O) groups excluding carboxylic acids is 1. The van der Waals surface area contributed by atoms with Crippen LogP contribution in [-0.2, 0) is 9.53 Å². The number of nitrogens with two attached hydrogens (primary N) is 1. The lowest BCUT2D eigenvalue weighted by atomic mass is 9.88. The minimum Gasteiger partial charge on any atom is -0.376 e. The predicted molar refractivity (Wildman–Crippen MR) is 71.1 cm³/mol. The minimum absolute atomic E-state index is 0.267. The number of primary amides is 1. The second kappa shape index (κ2) is 5.57. The van der Waals surface area contributed by atoms with Crippen molar-refractivity contribution in [2.75, 3.05) is 13.7 Å². The third-order valence-electron chi connectivity index (χ3n) is 4.60. The van der Waals surface area contributed by atoms with E-state index in [0.29, 0.717) is 18.6 Å². The molecule has 2 aliphatic rings. The molecule has 3 N–H and O–H groups in total. The molecule has 3 unspecified atom stereocenters. The van der Waals surface area contributed by atoms with Gasteiger partial charge in [0.15, 0.2) is 0 Å². The van der Waals surface area contributed by atoms with Gasteiger partial charge in [0.25, 0.3) is 0 Å². The Balaban J connectivity index is 1.91. The number of amides is 1. The Labute approximate surface area is 110 Å². The summed E-state index contributed by atoms with van der Waals surface area (Å²) in [5.41, 5.74) is 4.95. The van der Waals surface area contributed by atoms with Crippen LogP contribution in [0.2, 0.25) is 0 Å². The number of hydrogen-bond acceptors (Lipinski definition) is 3. The number of likely N-dealkylation sites (N-methyl/N-ethyl adjacent to an activating group) is 1. The van der Waals surface area contributed by atoms with Crippen molar-refractivity contribution in [1.29, 1.82) is 0 Å². The molecule has 0 aromatic rings. The minimum atomic E-state index is -0.638. The maximum absolute atomic E-state index is 11.8. The van der Waals surface area contributed by atoms with Crippen LogP contribution in [0.15, 0.2) is 0 Å². The van der Waals surface area contributed by atoms with Gasteiger partial charge in [-0.2, -0.15) is 0 Å². The molecule has 18 heavy (non-hydrogen) atoms. The predicted octanol–water partition coefficient (Wildman–Crippen LogP) is 1.44. The number of ether oxygens (including phenoxy) is 1. The second-order valence-corrected chi connectivity index (χ2v) is 6.06. The average molecular weight is 254 g/mol. The van der Waals surface area contributed by atoms with E-state index in [0.717, 1.165) is 31.6 Å². The van der Waals surface area contributed by atoms with Crippen LogP contribution in [-0.4, -0.2) is 31.2 Å². The monoisotopic (exact) mass is 254 g/mol. The topological polar surface area (TPSA) is 64.3 Å². The molecule has 4 heteroatoms. The third-order valence-corrected chi connectivity index (χ3v) is 4.60. The molecule has 0 radical (unpaired) electrons. The van der Waals surface area contributed by atoms with Crippen LogP contribution in [0.4, 0.5) is 0 Å². The molecule has 2 saturated carbocycles. The Hall–Kier alpha value is -0.610. The van der Waals surface area contributed by atoms with Crippen LogP contribution < -0.4 is 11.1 Å². The summed E-state index contributed by atoms with van der Waals surface area (Å²) in [4.78, 5) is 11.8. The molecule has 0 aliphatic heterocycles. The van der Waals surface area contributed by atoms with Gasteiger partial charge in [-0.1, -0.05) is 19.8 Å². The molecular formula is C14H26N2O2. The summed E-state index contributed by atoms with van der Waals surface area (Å²) in [5, 5.41) is 3.13. The van der Waals surface area contributed by atoms with Crippen molar-refractivity contribution in [3.05, 3.63) is 0 Å². The number of hydrogen-bond donors (Lipinski definition) is 2. The number of nitrogens with one attached hydrogen (secondary N) is 1. The van der Waals surface area contributed by atoms with Gasteiger partial charge >= 0.3 is 0 Å². The van der Waals surface area contributed by atoms with Gasteiger partial charge in [-0.25, -0.2) is 0 Å². The van der Waals surface area contributed by atoms with Gasteiger partial charge in [0.2, 0.25) is 5.91 Å². The van der Waals surface area contributed by atoms with Crippen LogP contribution in [0.1, 0.15) is 45.4 Å². The molecule has 0 saturated heterocycles. The summed E-state index contributed by atoms with van der Waals surface area (Å²) in [5.74, 6) is 0.833. The van der Waals surface area contributed by atoms with Gasteiger partial charge in [-0.05, 0) is 44.6 Å². The molecule has 2 aliphatic carbocycles. The standard InChI is InChI=1S/C14H26N2O2/c1-10-4-3-5-12(8-10)18-9-14(16-2,13(15)17)11-6-7-11/h10-12,16H,3-9H2,1-2H3,(H2,15,17). The van der Waals surface area contributed by atoms with Crippen molar-refractivity contribution < 1.29 is 9.53 Å². The van der Waals surface area contributed by atoms with Gasteiger partial charge in [0.1, 0.15) is 5.54 Å². The summed E-state index contributed by atoms with van der Waals surface area (Å²) < 4.78 is 6.01. The fraction of sp³-hybridized carbons (Fsp3) is 0.929. The highest BCUT2D eigenvalue weighted by Crippen LogP contribution is 2.40. The maximum Gasteiger partial charge on any atom is 0.240 e. The Morgan fingerprint density at radius 1 is 1.39 bits per heavy atom. The molecule has 104 valence electrons. The van der Waals surface area contributed by atoms with Crippen LogP contribution in [0, 0.1) is 11.8 Å². The van der Waals surface area contributed by atoms with Crippen molar-refractivity contribution >= 4 is 5.91 Å². The summed E-state index contributed by atoms with van der Waals surface area (Å²) >= 11 is 0. The first-order chi connectivity index (χ1) is 8.58. The van der Waals surface area contributed by atoms with E-state index in [-0.39, 0.29) is 5.91 Å². The summed E-state index contributed by atoms with van der Waals surface area (Å²) in [6, 6.07) is 0. The lowest BCUT2D eigenvalue weighted by molar-refractivity contribution is -0.130. The van der Waals surface area contributed by atoms with Crippen LogP contribution in [0.3, 0.4) is 0 Å². The van der Waals surface area contributed by atoms with Crippen LogP contribution >= 0.6 is 0 Å². The highest BCUT2D eigenvalue weighted by atomic mass is 16.5. The fourth-order valence-corrected chi connectivity index (χ4v) is 3.14. The van der Waals surface area contributed by atoms with E-state index in [4.69, 9.17) is 10.5 Å².